The maximum absolute atomic E-state index is 11.9. The molecule has 0 aliphatic carbocycles. The number of carbonyl (C=O) groups excluding carboxylic acids is 1. The van der Waals surface area contributed by atoms with Gasteiger partial charge in [0.25, 0.3) is 0 Å². The Balaban J connectivity index is 2.03. The largest absolute Gasteiger partial charge is 0.457 e. The van der Waals surface area contributed by atoms with Crippen LogP contribution in [0.3, 0.4) is 0 Å². The van der Waals surface area contributed by atoms with Gasteiger partial charge in [-0.3, -0.25) is 4.21 Å². The summed E-state index contributed by atoms with van der Waals surface area (Å²) in [6.45, 7) is 3.70. The molecular weight excluding hydrogens is 278 g/mol. The van der Waals surface area contributed by atoms with E-state index in [9.17, 15) is 9.00 Å². The quantitative estimate of drug-likeness (QED) is 0.809. The van der Waals surface area contributed by atoms with Gasteiger partial charge in [-0.05, 0) is 38.1 Å². The van der Waals surface area contributed by atoms with E-state index in [0.29, 0.717) is 21.9 Å². The molecular formula is C14H15NO4S. The summed E-state index contributed by atoms with van der Waals surface area (Å²) in [4.78, 5) is 12.6. The van der Waals surface area contributed by atoms with Gasteiger partial charge in [-0.1, -0.05) is 5.16 Å². The van der Waals surface area contributed by atoms with E-state index in [-0.39, 0.29) is 6.61 Å². The SMILES string of the molecule is Cc1noc(C)c1COC(=O)c1ccc(S(C)=O)cc1. The van der Waals surface area contributed by atoms with Crippen LogP contribution >= 0.6 is 0 Å². The lowest BCUT2D eigenvalue weighted by Gasteiger charge is -2.05. The van der Waals surface area contributed by atoms with Crippen molar-refractivity contribution in [1.82, 2.24) is 5.16 Å². The van der Waals surface area contributed by atoms with Crippen LogP contribution in [-0.4, -0.2) is 21.6 Å². The first-order chi connectivity index (χ1) is 9.49. The number of aromatic nitrogens is 1. The fourth-order valence-electron chi connectivity index (χ4n) is 1.71. The molecule has 0 amide bonds. The lowest BCUT2D eigenvalue weighted by molar-refractivity contribution is 0.0471. The van der Waals surface area contributed by atoms with Gasteiger partial charge in [0, 0.05) is 22.0 Å². The maximum atomic E-state index is 11.9. The van der Waals surface area contributed by atoms with E-state index in [0.717, 1.165) is 5.56 Å². The molecule has 1 aromatic carbocycles. The van der Waals surface area contributed by atoms with E-state index in [1.54, 1.807) is 44.4 Å². The summed E-state index contributed by atoms with van der Waals surface area (Å²) < 4.78 is 21.5. The van der Waals surface area contributed by atoms with Crippen LogP contribution in [0.25, 0.3) is 0 Å². The van der Waals surface area contributed by atoms with Gasteiger partial charge >= 0.3 is 5.97 Å². The summed E-state index contributed by atoms with van der Waals surface area (Å²) >= 11 is 0. The second-order valence-electron chi connectivity index (χ2n) is 4.36. The maximum Gasteiger partial charge on any atom is 0.338 e. The fourth-order valence-corrected chi connectivity index (χ4v) is 2.23. The van der Waals surface area contributed by atoms with Gasteiger partial charge in [0.2, 0.25) is 0 Å². The molecule has 0 bridgehead atoms. The molecule has 0 aliphatic rings. The van der Waals surface area contributed by atoms with Gasteiger partial charge in [-0.25, -0.2) is 4.79 Å². The highest BCUT2D eigenvalue weighted by molar-refractivity contribution is 7.84. The van der Waals surface area contributed by atoms with E-state index in [1.807, 2.05) is 0 Å². The number of hydrogen-bond donors (Lipinski definition) is 0. The van der Waals surface area contributed by atoms with Gasteiger partial charge in [0.1, 0.15) is 12.4 Å². The van der Waals surface area contributed by atoms with Crippen molar-refractivity contribution in [1.29, 1.82) is 0 Å². The molecule has 1 heterocycles. The average Bonchev–Trinajstić information content (AvgIpc) is 2.75. The first-order valence-corrected chi connectivity index (χ1v) is 7.57. The topological polar surface area (TPSA) is 69.4 Å². The summed E-state index contributed by atoms with van der Waals surface area (Å²) in [7, 11) is -1.06. The van der Waals surface area contributed by atoms with E-state index in [2.05, 4.69) is 5.16 Å². The molecule has 106 valence electrons. The molecule has 0 saturated carbocycles. The zero-order valence-corrected chi connectivity index (χ0v) is 12.3. The molecule has 1 unspecified atom stereocenters. The molecule has 0 N–H and O–H groups in total. The molecule has 0 spiro atoms. The van der Waals surface area contributed by atoms with Crippen LogP contribution in [0.5, 0.6) is 0 Å². The first kappa shape index (κ1) is 14.5. The Bertz CT molecular complexity index is 626. The van der Waals surface area contributed by atoms with E-state index >= 15 is 0 Å². The predicted octanol–water partition coefficient (Wildman–Crippen LogP) is 2.39. The zero-order valence-electron chi connectivity index (χ0n) is 11.5. The van der Waals surface area contributed by atoms with Crippen LogP contribution in [0.15, 0.2) is 33.7 Å². The van der Waals surface area contributed by atoms with Crippen molar-refractivity contribution in [2.75, 3.05) is 6.26 Å². The number of carbonyl (C=O) groups is 1. The number of rotatable bonds is 4. The van der Waals surface area contributed by atoms with Crippen molar-refractivity contribution < 1.29 is 18.3 Å². The normalized spacial score (nSPS) is 12.2. The smallest absolute Gasteiger partial charge is 0.338 e. The third-order valence-corrected chi connectivity index (χ3v) is 3.89. The fraction of sp³-hybridized carbons (Fsp3) is 0.286. The number of hydrogen-bond acceptors (Lipinski definition) is 5. The number of ether oxygens (including phenoxy) is 1. The molecule has 1 aromatic heterocycles. The first-order valence-electron chi connectivity index (χ1n) is 6.01. The standard InChI is InChI=1S/C14H15NO4S/c1-9-13(10(2)19-15-9)8-18-14(16)11-4-6-12(7-5-11)20(3)17/h4-7H,8H2,1-3H3. The van der Waals surface area contributed by atoms with Crippen molar-refractivity contribution in [2.45, 2.75) is 25.3 Å². The number of nitrogens with zero attached hydrogens (tertiary/aromatic N) is 1. The van der Waals surface area contributed by atoms with Gasteiger partial charge in [0.15, 0.2) is 0 Å². The summed E-state index contributed by atoms with van der Waals surface area (Å²) in [6, 6.07) is 6.52. The molecule has 1 atom stereocenters. The molecule has 6 heteroatoms. The number of aryl methyl sites for hydroxylation is 2. The minimum absolute atomic E-state index is 0.126. The molecule has 2 rings (SSSR count). The lowest BCUT2D eigenvalue weighted by atomic mass is 10.2. The van der Waals surface area contributed by atoms with Crippen LogP contribution in [0.1, 0.15) is 27.4 Å². The second-order valence-corrected chi connectivity index (χ2v) is 5.74. The predicted molar refractivity (Wildman–Crippen MR) is 73.9 cm³/mol. The molecule has 0 fully saturated rings. The summed E-state index contributed by atoms with van der Waals surface area (Å²) in [5.41, 5.74) is 1.92. The summed E-state index contributed by atoms with van der Waals surface area (Å²) in [6.07, 6.45) is 1.59. The Labute approximate surface area is 119 Å². The molecule has 0 aliphatic heterocycles. The molecule has 20 heavy (non-hydrogen) atoms. The van der Waals surface area contributed by atoms with Crippen molar-refractivity contribution >= 4 is 16.8 Å². The van der Waals surface area contributed by atoms with Crippen molar-refractivity contribution in [2.24, 2.45) is 0 Å². The minimum atomic E-state index is -1.06. The monoisotopic (exact) mass is 293 g/mol. The molecule has 0 radical (unpaired) electrons. The molecule has 0 saturated heterocycles. The highest BCUT2D eigenvalue weighted by Crippen LogP contribution is 2.15. The van der Waals surface area contributed by atoms with Gasteiger partial charge in [-0.15, -0.1) is 0 Å². The van der Waals surface area contributed by atoms with Crippen LogP contribution < -0.4 is 0 Å². The van der Waals surface area contributed by atoms with Crippen LogP contribution in [-0.2, 0) is 22.1 Å². The van der Waals surface area contributed by atoms with Crippen molar-refractivity contribution in [3.63, 3.8) is 0 Å². The van der Waals surface area contributed by atoms with Crippen LogP contribution in [0, 0.1) is 13.8 Å². The third kappa shape index (κ3) is 3.14. The van der Waals surface area contributed by atoms with E-state index < -0.39 is 16.8 Å². The van der Waals surface area contributed by atoms with E-state index in [1.165, 1.54) is 0 Å². The minimum Gasteiger partial charge on any atom is -0.457 e. The van der Waals surface area contributed by atoms with Gasteiger partial charge < -0.3 is 9.26 Å². The second kappa shape index (κ2) is 6.00. The van der Waals surface area contributed by atoms with Crippen LogP contribution in [0.2, 0.25) is 0 Å². The van der Waals surface area contributed by atoms with E-state index in [4.69, 9.17) is 9.26 Å². The average molecular weight is 293 g/mol. The Kier molecular flexibility index (Phi) is 4.34. The highest BCUT2D eigenvalue weighted by Gasteiger charge is 2.13. The summed E-state index contributed by atoms with van der Waals surface area (Å²) in [5, 5.41) is 3.80. The Morgan fingerprint density at radius 3 is 2.45 bits per heavy atom. The Hall–Kier alpha value is -1.95. The molecule has 2 aromatic rings. The third-order valence-electron chi connectivity index (χ3n) is 2.95. The summed E-state index contributed by atoms with van der Waals surface area (Å²) in [5.74, 6) is 0.213. The van der Waals surface area contributed by atoms with Crippen LogP contribution in [0.4, 0.5) is 0 Å². The van der Waals surface area contributed by atoms with Crippen molar-refractivity contribution in [3.8, 4) is 0 Å². The van der Waals surface area contributed by atoms with Crippen molar-refractivity contribution in [3.05, 3.63) is 46.8 Å². The van der Waals surface area contributed by atoms with Gasteiger partial charge in [-0.2, -0.15) is 0 Å². The highest BCUT2D eigenvalue weighted by atomic mass is 32.2. The Morgan fingerprint density at radius 2 is 1.95 bits per heavy atom. The lowest BCUT2D eigenvalue weighted by Crippen LogP contribution is -2.06. The van der Waals surface area contributed by atoms with Gasteiger partial charge in [0.05, 0.1) is 16.8 Å². The zero-order chi connectivity index (χ0) is 14.7. The molecule has 5 nitrogen and oxygen atoms in total. The number of esters is 1. The Morgan fingerprint density at radius 1 is 1.30 bits per heavy atom. The number of benzene rings is 1.